The summed E-state index contributed by atoms with van der Waals surface area (Å²) < 4.78 is 11.1. The van der Waals surface area contributed by atoms with Crippen molar-refractivity contribution in [1.29, 1.82) is 0 Å². The maximum Gasteiger partial charge on any atom is 0.244 e. The van der Waals surface area contributed by atoms with Crippen molar-refractivity contribution in [3.05, 3.63) is 47.0 Å². The number of benzene rings is 2. The van der Waals surface area contributed by atoms with Gasteiger partial charge in [-0.25, -0.2) is 0 Å². The molecule has 6 nitrogen and oxygen atoms in total. The van der Waals surface area contributed by atoms with Crippen LogP contribution in [0.5, 0.6) is 11.5 Å². The summed E-state index contributed by atoms with van der Waals surface area (Å²) >= 11 is 0. The van der Waals surface area contributed by atoms with Crippen LogP contribution in [0.2, 0.25) is 0 Å². The molecule has 0 spiro atoms. The Morgan fingerprint density at radius 2 is 1.63 bits per heavy atom. The lowest BCUT2D eigenvalue weighted by Gasteiger charge is -2.24. The minimum absolute atomic E-state index is 0.0816. The molecule has 2 aromatic carbocycles. The van der Waals surface area contributed by atoms with Crippen LogP contribution in [-0.2, 0) is 9.59 Å². The van der Waals surface area contributed by atoms with Crippen molar-refractivity contribution in [2.24, 2.45) is 0 Å². The molecule has 0 saturated carbocycles. The van der Waals surface area contributed by atoms with Gasteiger partial charge in [-0.1, -0.05) is 17.7 Å². The maximum atomic E-state index is 12.6. The number of nitrogens with zero attached hydrogens (tertiary/aromatic N) is 1. The second-order valence-corrected chi connectivity index (χ2v) is 6.76. The molecule has 0 fully saturated rings. The SMILES string of the molecule is CC(=O)N(CC(=O)Nc1c(C)cc(C)cc1C)c1ccc2c(c1)OCCO2. The molecule has 0 radical (unpaired) electrons. The van der Waals surface area contributed by atoms with E-state index in [9.17, 15) is 9.59 Å². The molecule has 3 rings (SSSR count). The Balaban J connectivity index is 1.79. The number of amides is 2. The van der Waals surface area contributed by atoms with Gasteiger partial charge in [0.1, 0.15) is 19.8 Å². The van der Waals surface area contributed by atoms with Crippen LogP contribution in [0, 0.1) is 20.8 Å². The fourth-order valence-electron chi connectivity index (χ4n) is 3.28. The summed E-state index contributed by atoms with van der Waals surface area (Å²) in [4.78, 5) is 26.2. The van der Waals surface area contributed by atoms with Crippen molar-refractivity contribution in [1.82, 2.24) is 0 Å². The summed E-state index contributed by atoms with van der Waals surface area (Å²) in [6.07, 6.45) is 0. The number of hydrogen-bond acceptors (Lipinski definition) is 4. The maximum absolute atomic E-state index is 12.6. The molecule has 0 aliphatic carbocycles. The van der Waals surface area contributed by atoms with E-state index in [0.29, 0.717) is 30.4 Å². The first-order valence-corrected chi connectivity index (χ1v) is 8.90. The minimum atomic E-state index is -0.254. The van der Waals surface area contributed by atoms with Gasteiger partial charge in [-0.15, -0.1) is 0 Å². The third kappa shape index (κ3) is 4.22. The van der Waals surface area contributed by atoms with Gasteiger partial charge in [-0.3, -0.25) is 9.59 Å². The van der Waals surface area contributed by atoms with E-state index in [2.05, 4.69) is 5.32 Å². The van der Waals surface area contributed by atoms with Gasteiger partial charge in [-0.2, -0.15) is 0 Å². The number of aryl methyl sites for hydroxylation is 3. The van der Waals surface area contributed by atoms with Crippen LogP contribution in [0.25, 0.3) is 0 Å². The lowest BCUT2D eigenvalue weighted by Crippen LogP contribution is -2.37. The number of hydrogen-bond donors (Lipinski definition) is 1. The highest BCUT2D eigenvalue weighted by atomic mass is 16.6. The van der Waals surface area contributed by atoms with E-state index in [1.807, 2.05) is 32.9 Å². The molecular weight excluding hydrogens is 344 g/mol. The van der Waals surface area contributed by atoms with E-state index in [4.69, 9.17) is 9.47 Å². The van der Waals surface area contributed by atoms with Crippen molar-refractivity contribution in [3.63, 3.8) is 0 Å². The lowest BCUT2D eigenvalue weighted by atomic mass is 10.1. The number of rotatable bonds is 4. The van der Waals surface area contributed by atoms with Gasteiger partial charge in [0.05, 0.1) is 0 Å². The Labute approximate surface area is 159 Å². The molecule has 2 amide bonds. The molecular formula is C21H24N2O4. The predicted octanol–water partition coefficient (Wildman–Crippen LogP) is 3.37. The zero-order chi connectivity index (χ0) is 19.6. The van der Waals surface area contributed by atoms with Crippen molar-refractivity contribution >= 4 is 23.2 Å². The molecule has 1 aliphatic rings. The molecule has 6 heteroatoms. The summed E-state index contributed by atoms with van der Waals surface area (Å²) in [6, 6.07) is 9.28. The predicted molar refractivity (Wildman–Crippen MR) is 105 cm³/mol. The van der Waals surface area contributed by atoms with Crippen LogP contribution in [0.15, 0.2) is 30.3 Å². The number of ether oxygens (including phenoxy) is 2. The van der Waals surface area contributed by atoms with Crippen molar-refractivity contribution in [2.45, 2.75) is 27.7 Å². The molecule has 1 aliphatic heterocycles. The van der Waals surface area contributed by atoms with E-state index in [0.717, 1.165) is 22.4 Å². The molecule has 27 heavy (non-hydrogen) atoms. The van der Waals surface area contributed by atoms with Gasteiger partial charge < -0.3 is 19.7 Å². The van der Waals surface area contributed by atoms with E-state index >= 15 is 0 Å². The third-order valence-electron chi connectivity index (χ3n) is 4.46. The van der Waals surface area contributed by atoms with Crippen LogP contribution >= 0.6 is 0 Å². The average Bonchev–Trinajstić information content (AvgIpc) is 2.62. The van der Waals surface area contributed by atoms with Crippen LogP contribution < -0.4 is 19.7 Å². The van der Waals surface area contributed by atoms with Crippen molar-refractivity contribution in [2.75, 3.05) is 30.0 Å². The Kier molecular flexibility index (Phi) is 5.35. The number of nitrogens with one attached hydrogen (secondary N) is 1. The number of fused-ring (bicyclic) bond motifs is 1. The van der Waals surface area contributed by atoms with Gasteiger partial charge in [-0.05, 0) is 44.0 Å². The highest BCUT2D eigenvalue weighted by Crippen LogP contribution is 2.34. The average molecular weight is 368 g/mol. The summed E-state index contributed by atoms with van der Waals surface area (Å²) in [5.41, 5.74) is 4.52. The summed E-state index contributed by atoms with van der Waals surface area (Å²) in [5, 5.41) is 2.93. The zero-order valence-corrected chi connectivity index (χ0v) is 16.1. The standard InChI is InChI=1S/C21H24N2O4/c1-13-9-14(2)21(15(3)10-13)22-20(25)12-23(16(4)24)17-5-6-18-19(11-17)27-8-7-26-18/h5-6,9-11H,7-8,12H2,1-4H3,(H,22,25). The summed E-state index contributed by atoms with van der Waals surface area (Å²) in [7, 11) is 0. The minimum Gasteiger partial charge on any atom is -0.486 e. The van der Waals surface area contributed by atoms with E-state index < -0.39 is 0 Å². The molecule has 0 bridgehead atoms. The topological polar surface area (TPSA) is 67.9 Å². The molecule has 142 valence electrons. The van der Waals surface area contributed by atoms with E-state index in [-0.39, 0.29) is 18.4 Å². The first-order chi connectivity index (χ1) is 12.8. The molecule has 0 saturated heterocycles. The molecule has 2 aromatic rings. The fraction of sp³-hybridized carbons (Fsp3) is 0.333. The van der Waals surface area contributed by atoms with Crippen LogP contribution in [0.3, 0.4) is 0 Å². The van der Waals surface area contributed by atoms with Gasteiger partial charge >= 0.3 is 0 Å². The molecule has 0 aromatic heterocycles. The van der Waals surface area contributed by atoms with Gasteiger partial charge in [0.2, 0.25) is 11.8 Å². The highest BCUT2D eigenvalue weighted by molar-refractivity contribution is 6.02. The Morgan fingerprint density at radius 3 is 2.26 bits per heavy atom. The normalized spacial score (nSPS) is 12.4. The number of carbonyl (C=O) groups is 2. The Morgan fingerprint density at radius 1 is 1.00 bits per heavy atom. The summed E-state index contributed by atoms with van der Waals surface area (Å²) in [5.74, 6) is 0.744. The fourth-order valence-corrected chi connectivity index (χ4v) is 3.28. The quantitative estimate of drug-likeness (QED) is 0.898. The van der Waals surface area contributed by atoms with Gasteiger partial charge in [0.25, 0.3) is 0 Å². The van der Waals surface area contributed by atoms with Crippen molar-refractivity contribution in [3.8, 4) is 11.5 Å². The lowest BCUT2D eigenvalue weighted by molar-refractivity contribution is -0.120. The third-order valence-corrected chi connectivity index (χ3v) is 4.46. The van der Waals surface area contributed by atoms with Crippen LogP contribution in [0.4, 0.5) is 11.4 Å². The first kappa shape index (κ1) is 18.8. The van der Waals surface area contributed by atoms with E-state index in [1.165, 1.54) is 11.8 Å². The van der Waals surface area contributed by atoms with E-state index in [1.54, 1.807) is 18.2 Å². The second-order valence-electron chi connectivity index (χ2n) is 6.76. The van der Waals surface area contributed by atoms with Gasteiger partial charge in [0.15, 0.2) is 11.5 Å². The first-order valence-electron chi connectivity index (χ1n) is 8.90. The Bertz CT molecular complexity index is 869. The smallest absolute Gasteiger partial charge is 0.244 e. The van der Waals surface area contributed by atoms with Gasteiger partial charge in [0, 0.05) is 24.4 Å². The highest BCUT2D eigenvalue weighted by Gasteiger charge is 2.20. The second kappa shape index (κ2) is 7.70. The molecule has 1 N–H and O–H groups in total. The number of anilines is 2. The molecule has 0 unspecified atom stereocenters. The largest absolute Gasteiger partial charge is 0.486 e. The molecule has 1 heterocycles. The molecule has 0 atom stereocenters. The Hall–Kier alpha value is -3.02. The van der Waals surface area contributed by atoms with Crippen molar-refractivity contribution < 1.29 is 19.1 Å². The monoisotopic (exact) mass is 368 g/mol. The zero-order valence-electron chi connectivity index (χ0n) is 16.1. The summed E-state index contributed by atoms with van der Waals surface area (Å²) in [6.45, 7) is 8.25. The number of carbonyl (C=O) groups excluding carboxylic acids is 2. The van der Waals surface area contributed by atoms with Crippen LogP contribution in [0.1, 0.15) is 23.6 Å². The van der Waals surface area contributed by atoms with Crippen LogP contribution in [-0.4, -0.2) is 31.6 Å².